The van der Waals surface area contributed by atoms with E-state index in [9.17, 15) is 14.7 Å². The van der Waals surface area contributed by atoms with Gasteiger partial charge < -0.3 is 14.6 Å². The van der Waals surface area contributed by atoms with Gasteiger partial charge in [0.2, 0.25) is 0 Å². The standard InChI is InChI=1S/C30H25NO5S/c1-19-17-21(10-15-24(19)36-18-20-7-4-3-5-8-20)28(32)26-27(25-9-6-16-37-25)31(30(34)29(26)33)22-11-13-23(35-2)14-12-22/h3-17,27,32H,18H2,1-2H3/b28-26-. The Bertz CT molecular complexity index is 1460. The van der Waals surface area contributed by atoms with Crippen LogP contribution in [0.25, 0.3) is 5.76 Å². The monoisotopic (exact) mass is 511 g/mol. The predicted octanol–water partition coefficient (Wildman–Crippen LogP) is 6.27. The molecule has 1 amide bonds. The summed E-state index contributed by atoms with van der Waals surface area (Å²) in [6.45, 7) is 2.29. The van der Waals surface area contributed by atoms with Crippen LogP contribution in [0.5, 0.6) is 11.5 Å². The van der Waals surface area contributed by atoms with E-state index >= 15 is 0 Å². The highest BCUT2D eigenvalue weighted by molar-refractivity contribution is 7.10. The van der Waals surface area contributed by atoms with E-state index in [1.54, 1.807) is 49.6 Å². The lowest BCUT2D eigenvalue weighted by atomic mass is 9.98. The molecule has 7 heteroatoms. The van der Waals surface area contributed by atoms with E-state index < -0.39 is 17.7 Å². The van der Waals surface area contributed by atoms with Crippen molar-refractivity contribution in [3.8, 4) is 11.5 Å². The molecular formula is C30H25NO5S. The van der Waals surface area contributed by atoms with Crippen molar-refractivity contribution in [3.63, 3.8) is 0 Å². The maximum absolute atomic E-state index is 13.3. The maximum atomic E-state index is 13.3. The van der Waals surface area contributed by atoms with E-state index in [4.69, 9.17) is 9.47 Å². The molecule has 0 bridgehead atoms. The van der Waals surface area contributed by atoms with E-state index in [1.165, 1.54) is 16.2 Å². The fourth-order valence-electron chi connectivity index (χ4n) is 4.41. The van der Waals surface area contributed by atoms with Crippen molar-refractivity contribution in [1.29, 1.82) is 0 Å². The van der Waals surface area contributed by atoms with Crippen LogP contribution in [-0.4, -0.2) is 23.9 Å². The fraction of sp³-hybridized carbons (Fsp3) is 0.133. The largest absolute Gasteiger partial charge is 0.507 e. The highest BCUT2D eigenvalue weighted by Gasteiger charge is 2.47. The minimum Gasteiger partial charge on any atom is -0.507 e. The van der Waals surface area contributed by atoms with Gasteiger partial charge in [-0.25, -0.2) is 0 Å². The number of amides is 1. The van der Waals surface area contributed by atoms with Crippen LogP contribution in [0.2, 0.25) is 0 Å². The number of rotatable bonds is 7. The molecule has 5 rings (SSSR count). The number of benzene rings is 3. The minimum atomic E-state index is -0.747. The van der Waals surface area contributed by atoms with Crippen LogP contribution in [0.3, 0.4) is 0 Å². The number of ether oxygens (including phenoxy) is 2. The van der Waals surface area contributed by atoms with Gasteiger partial charge in [-0.3, -0.25) is 14.5 Å². The Morgan fingerprint density at radius 1 is 0.973 bits per heavy atom. The Hall–Kier alpha value is -4.36. The van der Waals surface area contributed by atoms with E-state index in [0.717, 1.165) is 16.0 Å². The summed E-state index contributed by atoms with van der Waals surface area (Å²) in [4.78, 5) is 28.7. The zero-order valence-corrected chi connectivity index (χ0v) is 21.2. The zero-order chi connectivity index (χ0) is 25.9. The molecular weight excluding hydrogens is 486 g/mol. The quantitative estimate of drug-likeness (QED) is 0.180. The number of carbonyl (C=O) groups is 2. The van der Waals surface area contributed by atoms with Crippen molar-refractivity contribution < 1.29 is 24.2 Å². The van der Waals surface area contributed by atoms with Crippen LogP contribution in [0.1, 0.15) is 27.6 Å². The van der Waals surface area contributed by atoms with Crippen molar-refractivity contribution >= 4 is 34.5 Å². The second-order valence-corrected chi connectivity index (χ2v) is 9.62. The molecule has 1 unspecified atom stereocenters. The molecule has 2 heterocycles. The first kappa shape index (κ1) is 24.3. The number of Topliss-reactive ketones (excluding diaryl/α,β-unsaturated/α-hetero) is 1. The summed E-state index contributed by atoms with van der Waals surface area (Å²) in [5, 5.41) is 13.3. The van der Waals surface area contributed by atoms with Gasteiger partial charge in [-0.15, -0.1) is 11.3 Å². The molecule has 1 atom stereocenters. The number of aliphatic hydroxyl groups is 1. The van der Waals surface area contributed by atoms with Gasteiger partial charge in [0.05, 0.1) is 12.7 Å². The number of methoxy groups -OCH3 is 1. The molecule has 1 aromatic heterocycles. The van der Waals surface area contributed by atoms with Crippen LogP contribution in [-0.2, 0) is 16.2 Å². The zero-order valence-electron chi connectivity index (χ0n) is 20.4. The molecule has 6 nitrogen and oxygen atoms in total. The number of carbonyl (C=O) groups excluding carboxylic acids is 2. The average molecular weight is 512 g/mol. The molecule has 1 N–H and O–H groups in total. The summed E-state index contributed by atoms with van der Waals surface area (Å²) in [6.07, 6.45) is 0. The normalized spacial score (nSPS) is 16.7. The Morgan fingerprint density at radius 3 is 2.38 bits per heavy atom. The molecule has 37 heavy (non-hydrogen) atoms. The van der Waals surface area contributed by atoms with E-state index in [2.05, 4.69) is 0 Å². The minimum absolute atomic E-state index is 0.0561. The smallest absolute Gasteiger partial charge is 0.300 e. The summed E-state index contributed by atoms with van der Waals surface area (Å²) < 4.78 is 11.2. The number of ketones is 1. The van der Waals surface area contributed by atoms with Crippen LogP contribution in [0.4, 0.5) is 5.69 Å². The number of thiophene rings is 1. The van der Waals surface area contributed by atoms with E-state index in [-0.39, 0.29) is 11.3 Å². The van der Waals surface area contributed by atoms with Gasteiger partial charge in [-0.2, -0.15) is 0 Å². The maximum Gasteiger partial charge on any atom is 0.300 e. The predicted molar refractivity (Wildman–Crippen MR) is 144 cm³/mol. The number of anilines is 1. The van der Waals surface area contributed by atoms with Gasteiger partial charge in [0.1, 0.15) is 29.9 Å². The fourth-order valence-corrected chi connectivity index (χ4v) is 5.23. The number of aliphatic hydroxyl groups excluding tert-OH is 1. The van der Waals surface area contributed by atoms with Crippen molar-refractivity contribution in [3.05, 3.63) is 117 Å². The Morgan fingerprint density at radius 2 is 1.73 bits per heavy atom. The lowest BCUT2D eigenvalue weighted by Gasteiger charge is -2.24. The lowest BCUT2D eigenvalue weighted by molar-refractivity contribution is -0.132. The molecule has 0 radical (unpaired) electrons. The first-order valence-corrected chi connectivity index (χ1v) is 12.6. The third-order valence-corrected chi connectivity index (χ3v) is 7.22. The van der Waals surface area contributed by atoms with E-state index in [1.807, 2.05) is 54.8 Å². The summed E-state index contributed by atoms with van der Waals surface area (Å²) in [7, 11) is 1.56. The van der Waals surface area contributed by atoms with Gasteiger partial charge in [0.15, 0.2) is 0 Å². The topological polar surface area (TPSA) is 76.1 Å². The SMILES string of the molecule is COc1ccc(N2C(=O)C(=O)/C(=C(\O)c3ccc(OCc4ccccc4)c(C)c3)C2c2cccs2)cc1. The second kappa shape index (κ2) is 10.3. The van der Waals surface area contributed by atoms with Gasteiger partial charge >= 0.3 is 0 Å². The van der Waals surface area contributed by atoms with Crippen molar-refractivity contribution in [1.82, 2.24) is 0 Å². The Kier molecular flexibility index (Phi) is 6.79. The van der Waals surface area contributed by atoms with Gasteiger partial charge in [0.25, 0.3) is 11.7 Å². The van der Waals surface area contributed by atoms with Crippen LogP contribution in [0.15, 0.2) is 95.9 Å². The average Bonchev–Trinajstić information content (AvgIpc) is 3.55. The third-order valence-electron chi connectivity index (χ3n) is 6.29. The van der Waals surface area contributed by atoms with Crippen LogP contribution in [0, 0.1) is 6.92 Å². The molecule has 0 saturated carbocycles. The van der Waals surface area contributed by atoms with Crippen LogP contribution < -0.4 is 14.4 Å². The highest BCUT2D eigenvalue weighted by Crippen LogP contribution is 2.44. The summed E-state index contributed by atoms with van der Waals surface area (Å²) >= 11 is 1.42. The first-order chi connectivity index (χ1) is 18.0. The van der Waals surface area contributed by atoms with Crippen molar-refractivity contribution in [2.24, 2.45) is 0 Å². The van der Waals surface area contributed by atoms with Gasteiger partial charge in [0, 0.05) is 16.1 Å². The lowest BCUT2D eigenvalue weighted by Crippen LogP contribution is -2.29. The Balaban J connectivity index is 1.52. The molecule has 0 spiro atoms. The molecule has 3 aromatic carbocycles. The molecule has 4 aromatic rings. The summed E-state index contributed by atoms with van der Waals surface area (Å²) in [6, 6.07) is 25.0. The first-order valence-electron chi connectivity index (χ1n) is 11.7. The third kappa shape index (κ3) is 4.73. The van der Waals surface area contributed by atoms with Gasteiger partial charge in [-0.1, -0.05) is 36.4 Å². The molecule has 186 valence electrons. The number of aryl methyl sites for hydroxylation is 1. The van der Waals surface area contributed by atoms with Crippen molar-refractivity contribution in [2.75, 3.05) is 12.0 Å². The number of hydrogen-bond acceptors (Lipinski definition) is 6. The van der Waals surface area contributed by atoms with Crippen LogP contribution >= 0.6 is 11.3 Å². The summed E-state index contributed by atoms with van der Waals surface area (Å²) in [5.74, 6) is -0.323. The number of hydrogen-bond donors (Lipinski definition) is 1. The second-order valence-electron chi connectivity index (χ2n) is 8.64. The summed E-state index contributed by atoms with van der Waals surface area (Å²) in [5.41, 5.74) is 2.89. The highest BCUT2D eigenvalue weighted by atomic mass is 32.1. The Labute approximate surface area is 219 Å². The van der Waals surface area contributed by atoms with E-state index in [0.29, 0.717) is 29.4 Å². The van der Waals surface area contributed by atoms with Gasteiger partial charge in [-0.05, 0) is 72.0 Å². The van der Waals surface area contributed by atoms with Crippen molar-refractivity contribution in [2.45, 2.75) is 19.6 Å². The molecule has 1 aliphatic heterocycles. The number of nitrogens with zero attached hydrogens (tertiary/aromatic N) is 1. The molecule has 1 saturated heterocycles. The molecule has 1 aliphatic rings. The molecule has 1 fully saturated rings. The molecule has 0 aliphatic carbocycles.